The Kier molecular flexibility index (Phi) is 5.03. The third-order valence-corrected chi connectivity index (χ3v) is 6.89. The summed E-state index contributed by atoms with van der Waals surface area (Å²) in [5.74, 6) is 0.809. The van der Waals surface area contributed by atoms with Crippen LogP contribution in [0, 0.1) is 5.92 Å². The Balaban J connectivity index is 1.45. The van der Waals surface area contributed by atoms with Crippen molar-refractivity contribution < 1.29 is 9.53 Å². The molecule has 3 aromatic heterocycles. The maximum Gasteiger partial charge on any atom is 0.308 e. The van der Waals surface area contributed by atoms with Crippen molar-refractivity contribution >= 4 is 34.0 Å². The lowest BCUT2D eigenvalue weighted by molar-refractivity contribution is -0.149. The number of pyridine rings is 1. The van der Waals surface area contributed by atoms with Gasteiger partial charge in [-0.25, -0.2) is 15.0 Å². The molecule has 2 aromatic carbocycles. The van der Waals surface area contributed by atoms with Gasteiger partial charge in [0.05, 0.1) is 29.9 Å². The van der Waals surface area contributed by atoms with Gasteiger partial charge in [0.1, 0.15) is 11.3 Å². The van der Waals surface area contributed by atoms with Crippen LogP contribution in [0.25, 0.3) is 38.9 Å². The van der Waals surface area contributed by atoms with Crippen molar-refractivity contribution in [1.82, 2.24) is 19.4 Å². The van der Waals surface area contributed by atoms with Gasteiger partial charge < -0.3 is 4.74 Å². The smallest absolute Gasteiger partial charge is 0.308 e. The van der Waals surface area contributed by atoms with E-state index in [2.05, 4.69) is 35.3 Å². The van der Waals surface area contributed by atoms with Gasteiger partial charge >= 0.3 is 5.97 Å². The van der Waals surface area contributed by atoms with Gasteiger partial charge in [0.15, 0.2) is 5.15 Å². The van der Waals surface area contributed by atoms with E-state index in [0.29, 0.717) is 18.0 Å². The average Bonchev–Trinajstić information content (AvgIpc) is 3.23. The van der Waals surface area contributed by atoms with E-state index in [0.717, 1.165) is 44.8 Å². The quantitative estimate of drug-likeness (QED) is 0.306. The maximum atomic E-state index is 11.9. The third kappa shape index (κ3) is 3.42. The minimum Gasteiger partial charge on any atom is -0.469 e. The summed E-state index contributed by atoms with van der Waals surface area (Å²) in [6.45, 7) is 0. The Labute approximate surface area is 201 Å². The Morgan fingerprint density at radius 1 is 1.03 bits per heavy atom. The Hall–Kier alpha value is -3.77. The van der Waals surface area contributed by atoms with Crippen LogP contribution in [0.3, 0.4) is 0 Å². The highest BCUT2D eigenvalue weighted by atomic mass is 35.5. The summed E-state index contributed by atoms with van der Waals surface area (Å²) in [5, 5.41) is 1.45. The molecule has 1 saturated carbocycles. The van der Waals surface area contributed by atoms with Crippen molar-refractivity contribution in [3.05, 3.63) is 84.0 Å². The number of benzene rings is 2. The first kappa shape index (κ1) is 20.8. The highest BCUT2D eigenvalue weighted by Gasteiger charge is 2.39. The molecule has 34 heavy (non-hydrogen) atoms. The number of rotatable bonds is 4. The van der Waals surface area contributed by atoms with Gasteiger partial charge in [0, 0.05) is 34.8 Å². The fourth-order valence-electron chi connectivity index (χ4n) is 4.74. The van der Waals surface area contributed by atoms with Gasteiger partial charge in [-0.2, -0.15) is 0 Å². The largest absolute Gasteiger partial charge is 0.469 e. The summed E-state index contributed by atoms with van der Waals surface area (Å²) in [5.41, 5.74) is 5.33. The van der Waals surface area contributed by atoms with E-state index in [1.807, 2.05) is 40.9 Å². The minimum atomic E-state index is -0.160. The Morgan fingerprint density at radius 3 is 2.62 bits per heavy atom. The second-order valence-corrected chi connectivity index (χ2v) is 8.97. The molecule has 0 N–H and O–H groups in total. The molecule has 0 unspecified atom stereocenters. The first-order chi connectivity index (χ1) is 16.6. The molecule has 0 saturated heterocycles. The fraction of sp³-hybridized carbons (Fsp3) is 0.185. The van der Waals surface area contributed by atoms with Crippen molar-refractivity contribution in [3.8, 4) is 22.5 Å². The molecule has 1 fully saturated rings. The van der Waals surface area contributed by atoms with Crippen LogP contribution < -0.4 is 0 Å². The molecule has 168 valence electrons. The number of hydrogen-bond acceptors (Lipinski definition) is 5. The predicted octanol–water partition coefficient (Wildman–Crippen LogP) is 5.93. The van der Waals surface area contributed by atoms with Crippen molar-refractivity contribution in [1.29, 1.82) is 0 Å². The van der Waals surface area contributed by atoms with Crippen LogP contribution in [0.2, 0.25) is 5.15 Å². The average molecular weight is 469 g/mol. The zero-order valence-corrected chi connectivity index (χ0v) is 19.2. The summed E-state index contributed by atoms with van der Waals surface area (Å²) in [6.07, 6.45) is 4.98. The minimum absolute atomic E-state index is 0.0793. The van der Waals surface area contributed by atoms with Crippen LogP contribution in [-0.4, -0.2) is 32.4 Å². The summed E-state index contributed by atoms with van der Waals surface area (Å²) >= 11 is 6.55. The molecular weight excluding hydrogens is 448 g/mol. The molecule has 0 aliphatic heterocycles. The summed E-state index contributed by atoms with van der Waals surface area (Å²) < 4.78 is 6.90. The molecule has 5 aromatic rings. The zero-order valence-electron chi connectivity index (χ0n) is 18.5. The van der Waals surface area contributed by atoms with E-state index in [-0.39, 0.29) is 17.8 Å². The predicted molar refractivity (Wildman–Crippen MR) is 132 cm³/mol. The van der Waals surface area contributed by atoms with Crippen LogP contribution in [0.4, 0.5) is 0 Å². The second-order valence-electron chi connectivity index (χ2n) is 8.61. The lowest BCUT2D eigenvalue weighted by Crippen LogP contribution is -2.31. The van der Waals surface area contributed by atoms with Crippen LogP contribution in [0.15, 0.2) is 73.1 Å². The Morgan fingerprint density at radius 2 is 1.82 bits per heavy atom. The lowest BCUT2D eigenvalue weighted by Gasteiger charge is -2.32. The fourth-order valence-corrected chi connectivity index (χ4v) is 4.97. The maximum absolute atomic E-state index is 11.9. The number of nitrogens with zero attached hydrogens (tertiary/aromatic N) is 4. The number of aromatic nitrogens is 4. The molecule has 0 amide bonds. The second kappa shape index (κ2) is 8.22. The zero-order chi connectivity index (χ0) is 23.2. The highest BCUT2D eigenvalue weighted by molar-refractivity contribution is 6.33. The van der Waals surface area contributed by atoms with E-state index >= 15 is 0 Å². The molecule has 0 radical (unpaired) electrons. The topological polar surface area (TPSA) is 69.4 Å². The molecule has 6 rings (SSSR count). The number of ether oxygens (including phenoxy) is 1. The number of halogens is 1. The summed E-state index contributed by atoms with van der Waals surface area (Å²) in [6, 6.07) is 20.4. The number of carbonyl (C=O) groups is 1. The summed E-state index contributed by atoms with van der Waals surface area (Å²) in [4.78, 5) is 26.1. The number of hydrogen-bond donors (Lipinski definition) is 0. The summed E-state index contributed by atoms with van der Waals surface area (Å²) in [7, 11) is 1.43. The first-order valence-electron chi connectivity index (χ1n) is 11.2. The molecule has 0 spiro atoms. The Bertz CT molecular complexity index is 1540. The van der Waals surface area contributed by atoms with Crippen molar-refractivity contribution in [2.45, 2.75) is 18.8 Å². The van der Waals surface area contributed by atoms with Crippen LogP contribution >= 0.6 is 11.6 Å². The van der Waals surface area contributed by atoms with Crippen LogP contribution in [0.5, 0.6) is 0 Å². The molecule has 0 bridgehead atoms. The number of methoxy groups -OCH3 is 1. The van der Waals surface area contributed by atoms with Crippen molar-refractivity contribution in [2.75, 3.05) is 7.11 Å². The monoisotopic (exact) mass is 468 g/mol. The van der Waals surface area contributed by atoms with Gasteiger partial charge in [0.25, 0.3) is 0 Å². The molecule has 6 nitrogen and oxygen atoms in total. The molecule has 3 heterocycles. The number of fused-ring (bicyclic) bond motifs is 2. The van der Waals surface area contributed by atoms with Gasteiger partial charge in [-0.15, -0.1) is 0 Å². The third-order valence-electron chi connectivity index (χ3n) is 6.61. The molecular formula is C27H21ClN4O2. The van der Waals surface area contributed by atoms with Crippen molar-refractivity contribution in [2.24, 2.45) is 5.92 Å². The van der Waals surface area contributed by atoms with Crippen LogP contribution in [0.1, 0.15) is 24.6 Å². The van der Waals surface area contributed by atoms with Gasteiger partial charge in [-0.1, -0.05) is 60.1 Å². The first-order valence-corrected chi connectivity index (χ1v) is 11.6. The van der Waals surface area contributed by atoms with E-state index < -0.39 is 0 Å². The molecule has 0 atom stereocenters. The number of esters is 1. The van der Waals surface area contributed by atoms with Gasteiger partial charge in [-0.05, 0) is 25.0 Å². The molecule has 1 aliphatic rings. The molecule has 1 aliphatic carbocycles. The standard InChI is InChI=1S/C27H21ClN4O2/c1-34-27(33)20-13-19(14-20)26-31-23(24-25(28)29-11-12-32(24)26)18-8-7-17-9-10-21(30-22(17)15-18)16-5-3-2-4-6-16/h2-12,15,19-20H,13-14H2,1H3. The number of imidazole rings is 1. The van der Waals surface area contributed by atoms with Crippen molar-refractivity contribution in [3.63, 3.8) is 0 Å². The van der Waals surface area contributed by atoms with Crippen LogP contribution in [-0.2, 0) is 9.53 Å². The van der Waals surface area contributed by atoms with Gasteiger partial charge in [0.2, 0.25) is 0 Å². The lowest BCUT2D eigenvalue weighted by atomic mass is 9.74. The van der Waals surface area contributed by atoms with E-state index in [1.165, 1.54) is 7.11 Å². The number of carbonyl (C=O) groups excluding carboxylic acids is 1. The van der Waals surface area contributed by atoms with Gasteiger partial charge in [-0.3, -0.25) is 9.20 Å². The highest BCUT2D eigenvalue weighted by Crippen LogP contribution is 2.44. The van der Waals surface area contributed by atoms with E-state index in [1.54, 1.807) is 6.20 Å². The molecule has 7 heteroatoms. The normalized spacial score (nSPS) is 17.6. The van der Waals surface area contributed by atoms with E-state index in [4.69, 9.17) is 26.3 Å². The van der Waals surface area contributed by atoms with E-state index in [9.17, 15) is 4.79 Å². The SMILES string of the molecule is COC(=O)C1CC(c2nc(-c3ccc4ccc(-c5ccccc5)nc4c3)c3c(Cl)nccn23)C1.